The number of nitrogens with one attached hydrogen (secondary N) is 1. The zero-order valence-corrected chi connectivity index (χ0v) is 5.33. The Balaban J connectivity index is 2.48. The van der Waals surface area contributed by atoms with Gasteiger partial charge in [-0.25, -0.2) is 4.79 Å². The highest BCUT2D eigenvalue weighted by Gasteiger charge is 2.00. The molecule has 0 aliphatic heterocycles. The molecule has 1 heterocycles. The number of hydrogen-bond acceptors (Lipinski definition) is 4. The Labute approximate surface area is 57.0 Å². The number of ether oxygens (including phenoxy) is 1. The summed E-state index contributed by atoms with van der Waals surface area (Å²) in [5, 5.41) is 2.31. The Kier molecular flexibility index (Phi) is 1.89. The van der Waals surface area contributed by atoms with Gasteiger partial charge in [-0.1, -0.05) is 0 Å². The molecule has 0 spiro atoms. The Morgan fingerprint density at radius 2 is 2.70 bits per heavy atom. The smallest absolute Gasteiger partial charge is 0.412 e. The fourth-order valence-corrected chi connectivity index (χ4v) is 0.430. The highest BCUT2D eigenvalue weighted by molar-refractivity contribution is 5.82. The van der Waals surface area contributed by atoms with E-state index in [9.17, 15) is 4.79 Å². The Morgan fingerprint density at radius 3 is 3.20 bits per heavy atom. The number of hydrogen-bond donors (Lipinski definition) is 1. The van der Waals surface area contributed by atoms with Crippen LogP contribution in [0.15, 0.2) is 17.1 Å². The van der Waals surface area contributed by atoms with Gasteiger partial charge in [-0.2, -0.15) is 4.98 Å². The molecule has 0 saturated carbocycles. The maximum Gasteiger partial charge on any atom is 0.412 e. The van der Waals surface area contributed by atoms with Gasteiger partial charge in [0.15, 0.2) is 12.2 Å². The van der Waals surface area contributed by atoms with Crippen molar-refractivity contribution in [2.45, 2.75) is 0 Å². The molecule has 1 rings (SSSR count). The zero-order valence-electron chi connectivity index (χ0n) is 5.33. The van der Waals surface area contributed by atoms with E-state index in [1.54, 1.807) is 0 Å². The predicted molar refractivity (Wildman–Crippen MR) is 32.5 cm³/mol. The summed E-state index contributed by atoms with van der Waals surface area (Å²) in [6, 6.07) is 0. The molecule has 0 bridgehead atoms. The maximum absolute atomic E-state index is 10.5. The third-order valence-corrected chi connectivity index (χ3v) is 0.848. The van der Waals surface area contributed by atoms with Crippen molar-refractivity contribution in [1.29, 1.82) is 0 Å². The van der Waals surface area contributed by atoms with Gasteiger partial charge in [0.2, 0.25) is 0 Å². The number of nitrogens with zero attached hydrogens (tertiary/aromatic N) is 1. The van der Waals surface area contributed by atoms with Gasteiger partial charge < -0.3 is 9.15 Å². The lowest BCUT2D eigenvalue weighted by Crippen LogP contribution is -2.10. The first-order valence-electron chi connectivity index (χ1n) is 2.56. The highest BCUT2D eigenvalue weighted by Crippen LogP contribution is 2.00. The molecule has 1 aromatic rings. The minimum absolute atomic E-state index is 0.340. The monoisotopic (exact) mass is 142 g/mol. The van der Waals surface area contributed by atoms with Crippen LogP contribution < -0.4 is 5.32 Å². The molecule has 5 heteroatoms. The summed E-state index contributed by atoms with van der Waals surface area (Å²) < 4.78 is 8.87. The van der Waals surface area contributed by atoms with Crippen LogP contribution in [0.2, 0.25) is 0 Å². The van der Waals surface area contributed by atoms with Crippen molar-refractivity contribution < 1.29 is 13.9 Å². The van der Waals surface area contributed by atoms with E-state index in [1.165, 1.54) is 19.8 Å². The lowest BCUT2D eigenvalue weighted by Gasteiger charge is -1.95. The number of anilines is 1. The Morgan fingerprint density at radius 1 is 1.90 bits per heavy atom. The lowest BCUT2D eigenvalue weighted by atomic mass is 10.8. The first-order chi connectivity index (χ1) is 4.83. The molecule has 0 atom stereocenters. The van der Waals surface area contributed by atoms with Crippen LogP contribution in [0.25, 0.3) is 0 Å². The molecule has 1 amide bonds. The fraction of sp³-hybridized carbons (Fsp3) is 0.200. The summed E-state index contributed by atoms with van der Waals surface area (Å²) in [6.07, 6.45) is 1.95. The number of carbonyl (C=O) groups is 1. The second kappa shape index (κ2) is 2.86. The Hall–Kier alpha value is -1.52. The van der Waals surface area contributed by atoms with Crippen molar-refractivity contribution in [3.8, 4) is 0 Å². The van der Waals surface area contributed by atoms with Gasteiger partial charge in [-0.15, -0.1) is 0 Å². The zero-order chi connectivity index (χ0) is 7.40. The molecule has 0 aliphatic rings. The van der Waals surface area contributed by atoms with Crippen LogP contribution in [-0.4, -0.2) is 18.2 Å². The van der Waals surface area contributed by atoms with Gasteiger partial charge in [-0.05, 0) is 0 Å². The van der Waals surface area contributed by atoms with E-state index in [1.807, 2.05) is 0 Å². The minimum Gasteiger partial charge on any atom is -0.453 e. The molecule has 10 heavy (non-hydrogen) atoms. The molecule has 0 unspecified atom stereocenters. The van der Waals surface area contributed by atoms with E-state index in [-0.39, 0.29) is 0 Å². The number of carbonyl (C=O) groups excluding carboxylic acids is 1. The molecule has 0 saturated heterocycles. The van der Waals surface area contributed by atoms with Crippen LogP contribution in [0.1, 0.15) is 0 Å². The van der Waals surface area contributed by atoms with Crippen LogP contribution >= 0.6 is 0 Å². The summed E-state index contributed by atoms with van der Waals surface area (Å²) in [7, 11) is 1.27. The van der Waals surface area contributed by atoms with Gasteiger partial charge >= 0.3 is 6.09 Å². The molecule has 5 nitrogen and oxygen atoms in total. The fourth-order valence-electron chi connectivity index (χ4n) is 0.430. The number of rotatable bonds is 1. The number of aromatic nitrogens is 1. The second-order valence-electron chi connectivity index (χ2n) is 1.49. The number of amides is 1. The van der Waals surface area contributed by atoms with Crippen molar-refractivity contribution in [1.82, 2.24) is 4.98 Å². The lowest BCUT2D eigenvalue weighted by molar-refractivity contribution is 0.187. The maximum atomic E-state index is 10.5. The van der Waals surface area contributed by atoms with Crippen molar-refractivity contribution >= 4 is 11.9 Å². The average molecular weight is 142 g/mol. The van der Waals surface area contributed by atoms with E-state index in [4.69, 9.17) is 0 Å². The first-order valence-corrected chi connectivity index (χ1v) is 2.56. The molecular weight excluding hydrogens is 136 g/mol. The summed E-state index contributed by atoms with van der Waals surface area (Å²) in [4.78, 5) is 14.1. The van der Waals surface area contributed by atoms with Gasteiger partial charge in [0, 0.05) is 0 Å². The SMILES string of the molecule is COC(=O)Nc1cocn1. The molecule has 0 aromatic carbocycles. The van der Waals surface area contributed by atoms with Crippen molar-refractivity contribution in [3.63, 3.8) is 0 Å². The van der Waals surface area contributed by atoms with E-state index in [2.05, 4.69) is 19.5 Å². The summed E-state index contributed by atoms with van der Waals surface area (Å²) in [5.41, 5.74) is 0. The molecular formula is C5H6N2O3. The number of oxazole rings is 1. The standard InChI is InChI=1S/C5H6N2O3/c1-9-5(8)7-4-2-10-3-6-4/h2-3H,1H3,(H,7,8). The molecule has 0 aliphatic carbocycles. The van der Waals surface area contributed by atoms with E-state index in [0.717, 1.165) is 0 Å². The molecule has 54 valence electrons. The molecule has 1 N–H and O–H groups in total. The minimum atomic E-state index is -0.561. The molecule has 0 radical (unpaired) electrons. The van der Waals surface area contributed by atoms with Crippen LogP contribution in [0, 0.1) is 0 Å². The van der Waals surface area contributed by atoms with Crippen molar-refractivity contribution in [2.75, 3.05) is 12.4 Å². The third kappa shape index (κ3) is 1.48. The van der Waals surface area contributed by atoms with E-state index >= 15 is 0 Å². The first kappa shape index (κ1) is 6.60. The van der Waals surface area contributed by atoms with E-state index in [0.29, 0.717) is 5.82 Å². The predicted octanol–water partition coefficient (Wildman–Crippen LogP) is 0.853. The topological polar surface area (TPSA) is 64.4 Å². The van der Waals surface area contributed by atoms with Crippen LogP contribution in [0.4, 0.5) is 10.6 Å². The average Bonchev–Trinajstić information content (AvgIpc) is 2.40. The highest BCUT2D eigenvalue weighted by atomic mass is 16.5. The van der Waals surface area contributed by atoms with Crippen molar-refractivity contribution in [3.05, 3.63) is 12.7 Å². The summed E-state index contributed by atoms with van der Waals surface area (Å²) >= 11 is 0. The summed E-state index contributed by atoms with van der Waals surface area (Å²) in [6.45, 7) is 0. The van der Waals surface area contributed by atoms with Gasteiger partial charge in [0.05, 0.1) is 7.11 Å². The Bertz CT molecular complexity index is 207. The second-order valence-corrected chi connectivity index (χ2v) is 1.49. The van der Waals surface area contributed by atoms with Crippen molar-refractivity contribution in [2.24, 2.45) is 0 Å². The van der Waals surface area contributed by atoms with Crippen LogP contribution in [-0.2, 0) is 4.74 Å². The number of methoxy groups -OCH3 is 1. The van der Waals surface area contributed by atoms with Gasteiger partial charge in [0.1, 0.15) is 6.26 Å². The molecule has 1 aromatic heterocycles. The largest absolute Gasteiger partial charge is 0.453 e. The summed E-state index contributed by atoms with van der Waals surface area (Å²) in [5.74, 6) is 0.340. The third-order valence-electron chi connectivity index (χ3n) is 0.848. The quantitative estimate of drug-likeness (QED) is 0.631. The molecule has 0 fully saturated rings. The van der Waals surface area contributed by atoms with Crippen LogP contribution in [0.3, 0.4) is 0 Å². The van der Waals surface area contributed by atoms with Crippen LogP contribution in [0.5, 0.6) is 0 Å². The van der Waals surface area contributed by atoms with Gasteiger partial charge in [-0.3, -0.25) is 5.32 Å². The normalized spacial score (nSPS) is 8.90. The van der Waals surface area contributed by atoms with E-state index < -0.39 is 6.09 Å². The van der Waals surface area contributed by atoms with Gasteiger partial charge in [0.25, 0.3) is 0 Å².